The van der Waals surface area contributed by atoms with Crippen LogP contribution in [0.1, 0.15) is 190 Å². The molecule has 0 saturated carbocycles. The van der Waals surface area contributed by atoms with Crippen LogP contribution in [-0.4, -0.2) is 19.0 Å². The summed E-state index contributed by atoms with van der Waals surface area (Å²) in [5.41, 5.74) is 14.7. The largest absolute Gasteiger partial charge is 0.876 e. The van der Waals surface area contributed by atoms with Crippen LogP contribution in [0.5, 0.6) is 23.0 Å². The summed E-state index contributed by atoms with van der Waals surface area (Å²) in [6.45, 7) is 35.8. The summed E-state index contributed by atoms with van der Waals surface area (Å²) < 4.78 is 59.5. The standard InChI is InChI=1S/C90H90O8P2.C5H8O2.Rh/c1-15-41-91-83-59-43-63-51-69(89(9,10)11)53-65(85(63)97-99-93-75-37-33-55-25-17-21-29-71(55)79(75)80-72-30-22-18-26-56(72)34-38-76(80)94-99)45-61-49-68(88(6,7)8)50-62(84(61)92-42-16-2)46-66-54-70(90(12,13)14)52-64(44-60(83)48-67(47-59)87(3,4)5)86(66)98-100-95-77-39-35-57-27-19-23-31-73(57)81(77)82-74-32-24-20-28-58(74)36-40-78(82)96-100;1-4(6)3-5(2)7;/h17-40,47-54H,15-16,41-46H2,1-14H3;3,6H,1-2H3;/p-1/b;4-3-;. The Hall–Kier alpha value is -9.49. The van der Waals surface area contributed by atoms with Crippen molar-refractivity contribution in [2.45, 2.75) is 171 Å². The van der Waals surface area contributed by atoms with E-state index in [1.165, 1.54) is 36.1 Å². The molecule has 15 rings (SSSR count). The molecule has 13 heteroatoms. The van der Waals surface area contributed by atoms with Gasteiger partial charge in [0.15, 0.2) is 5.78 Å². The second-order valence-electron chi connectivity index (χ2n) is 32.9. The van der Waals surface area contributed by atoms with Gasteiger partial charge in [0.2, 0.25) is 0 Å². The summed E-state index contributed by atoms with van der Waals surface area (Å²) in [4.78, 5) is 9.98. The number of benzene rings is 12. The van der Waals surface area contributed by atoms with Gasteiger partial charge in [0.05, 0.1) is 13.2 Å². The van der Waals surface area contributed by atoms with Crippen molar-refractivity contribution in [1.29, 1.82) is 0 Å². The molecule has 10 nitrogen and oxygen atoms in total. The van der Waals surface area contributed by atoms with Gasteiger partial charge in [0.1, 0.15) is 45.3 Å². The van der Waals surface area contributed by atoms with Gasteiger partial charge in [-0.05, 0) is 159 Å². The van der Waals surface area contributed by atoms with Crippen LogP contribution in [0, 0.1) is 0 Å². The Labute approximate surface area is 649 Å². The van der Waals surface area contributed by atoms with Crippen molar-refractivity contribution in [2.24, 2.45) is 0 Å². The second-order valence-corrected chi connectivity index (χ2v) is 34.9. The number of ketones is 1. The van der Waals surface area contributed by atoms with Gasteiger partial charge in [-0.15, -0.1) is 5.76 Å². The molecule has 0 amide bonds. The number of ether oxygens (including phenoxy) is 2. The SMILES string of the molecule is CC(=O)/C=C(/C)[O-].CCCOc1c2cc(C(C)(C)C)cc1Cc1cc(C(C)(C)C)cc(c1Op1oc3ccc4ccccc4c3c3c(ccc4ccccc43)o1)Cc1cc(C(C)(C)C)cc(c1OCCC)Cc1cc(C(C)(C)C)cc(c1Op1oc3ccc4ccccc4c3c3c(ccc4ccccc43)o1)C2.[Rh]. The molecule has 0 spiro atoms. The number of allylic oxidation sites excluding steroid dienone is 2. The van der Waals surface area contributed by atoms with Gasteiger partial charge in [0, 0.05) is 89.0 Å². The quantitative estimate of drug-likeness (QED) is 0.0701. The monoisotopic (exact) mass is 1560 g/mol. The molecular weight excluding hydrogens is 1470 g/mol. The summed E-state index contributed by atoms with van der Waals surface area (Å²) >= 11 is 0. The van der Waals surface area contributed by atoms with Gasteiger partial charge in [-0.2, -0.15) is 0 Å². The van der Waals surface area contributed by atoms with Crippen molar-refractivity contribution in [3.05, 3.63) is 273 Å². The minimum Gasteiger partial charge on any atom is -0.876 e. The topological polar surface area (TPSA) is 130 Å². The Morgan fingerprint density at radius 3 is 0.806 bits per heavy atom. The Balaban J connectivity index is 0.00000123. The molecule has 557 valence electrons. The number of rotatable bonds is 11. The zero-order valence-electron chi connectivity index (χ0n) is 65.0. The average Bonchev–Trinajstić information content (AvgIpc) is 1.49. The van der Waals surface area contributed by atoms with Crippen LogP contribution >= 0.6 is 16.5 Å². The predicted octanol–water partition coefficient (Wildman–Crippen LogP) is 26.5. The summed E-state index contributed by atoms with van der Waals surface area (Å²) in [5, 5.41) is 22.7. The van der Waals surface area contributed by atoms with Crippen molar-refractivity contribution in [2.75, 3.05) is 13.2 Å². The molecule has 1 aliphatic carbocycles. The minimum atomic E-state index is -2.17. The Bertz CT molecular complexity index is 5290. The van der Waals surface area contributed by atoms with Gasteiger partial charge in [0.25, 0.3) is 0 Å². The first kappa shape index (κ1) is 76.7. The van der Waals surface area contributed by atoms with Crippen molar-refractivity contribution in [3.63, 3.8) is 0 Å². The molecule has 0 unspecified atom stereocenters. The van der Waals surface area contributed by atoms with Crippen LogP contribution in [0.2, 0.25) is 0 Å². The van der Waals surface area contributed by atoms with Crippen LogP contribution in [0.3, 0.4) is 0 Å². The van der Waals surface area contributed by atoms with E-state index >= 15 is 0 Å². The molecule has 8 bridgehead atoms. The number of fused-ring (bicyclic) bond motifs is 22. The maximum Gasteiger partial charge on any atom is 0.453 e. The first-order valence-corrected chi connectivity index (χ1v) is 39.8. The van der Waals surface area contributed by atoms with E-state index in [4.69, 9.17) is 35.3 Å². The van der Waals surface area contributed by atoms with E-state index in [0.29, 0.717) is 61.2 Å². The van der Waals surface area contributed by atoms with Crippen LogP contribution < -0.4 is 23.6 Å². The summed E-state index contributed by atoms with van der Waals surface area (Å²) in [7, 11) is -4.34. The normalized spacial score (nSPS) is 12.9. The van der Waals surface area contributed by atoms with E-state index in [1.54, 1.807) is 0 Å². The van der Waals surface area contributed by atoms with Gasteiger partial charge in [-0.3, -0.25) is 4.79 Å². The Morgan fingerprint density at radius 2 is 0.602 bits per heavy atom. The maximum absolute atomic E-state index is 9.98. The van der Waals surface area contributed by atoms with Crippen LogP contribution in [0.25, 0.3) is 87.0 Å². The van der Waals surface area contributed by atoms with Gasteiger partial charge >= 0.3 is 16.5 Å². The van der Waals surface area contributed by atoms with Crippen molar-refractivity contribution < 1.29 is 64.7 Å². The summed E-state index contributed by atoms with van der Waals surface area (Å²) in [6.07, 6.45) is 4.54. The molecule has 2 aromatic heterocycles. The second kappa shape index (κ2) is 30.9. The van der Waals surface area contributed by atoms with Crippen LogP contribution in [0.4, 0.5) is 0 Å². The third-order valence-electron chi connectivity index (χ3n) is 20.4. The van der Waals surface area contributed by atoms with E-state index < -0.39 is 16.5 Å². The van der Waals surface area contributed by atoms with Gasteiger partial charge < -0.3 is 40.4 Å². The Morgan fingerprint density at radius 1 is 0.370 bits per heavy atom. The van der Waals surface area contributed by atoms with Crippen molar-refractivity contribution in [1.82, 2.24) is 0 Å². The maximum atomic E-state index is 9.98. The summed E-state index contributed by atoms with van der Waals surface area (Å²) in [6, 6.07) is 70.2. The molecule has 0 atom stereocenters. The third kappa shape index (κ3) is 16.0. The molecule has 0 saturated heterocycles. The Kier molecular flexibility index (Phi) is 21.9. The molecule has 1 radical (unpaired) electrons. The molecular formula is C95H97O10P2Rh-. The van der Waals surface area contributed by atoms with E-state index in [-0.39, 0.29) is 52.7 Å². The zero-order chi connectivity index (χ0) is 75.4. The number of hydrogen-bond donors (Lipinski definition) is 0. The number of carbonyl (C=O) groups is 1. The van der Waals surface area contributed by atoms with Crippen molar-refractivity contribution in [3.8, 4) is 23.0 Å². The number of hydrogen-bond acceptors (Lipinski definition) is 10. The molecule has 12 aromatic carbocycles. The fourth-order valence-corrected chi connectivity index (χ4v) is 17.1. The molecule has 0 aliphatic heterocycles. The van der Waals surface area contributed by atoms with Crippen molar-refractivity contribution >= 4 is 109 Å². The van der Waals surface area contributed by atoms with E-state index in [1.807, 2.05) is 0 Å². The smallest absolute Gasteiger partial charge is 0.453 e. The van der Waals surface area contributed by atoms with Gasteiger partial charge in [-0.25, -0.2) is 0 Å². The van der Waals surface area contributed by atoms with Gasteiger partial charge in [-0.1, -0.05) is 274 Å². The van der Waals surface area contributed by atoms with E-state index in [9.17, 15) is 9.90 Å². The molecule has 2 heterocycles. The molecule has 1 aliphatic rings. The minimum absolute atomic E-state index is 0. The number of carbonyl (C=O) groups excluding carboxylic acids is 1. The molecule has 0 N–H and O–H groups in total. The molecule has 14 aromatic rings. The zero-order valence-corrected chi connectivity index (χ0v) is 68.4. The average molecular weight is 1560 g/mol. The fraction of sp³-hybridized carbons (Fsp3) is 0.295. The fourth-order valence-electron chi connectivity index (χ4n) is 14.8. The third-order valence-corrected chi connectivity index (χ3v) is 22.4. The molecule has 0 fully saturated rings. The van der Waals surface area contributed by atoms with E-state index in [0.717, 1.165) is 151 Å². The summed E-state index contributed by atoms with van der Waals surface area (Å²) in [5.74, 6) is 2.76. The predicted molar refractivity (Wildman–Crippen MR) is 443 cm³/mol. The van der Waals surface area contributed by atoms with Crippen LogP contribution in [-0.2, 0) is 71.6 Å². The van der Waals surface area contributed by atoms with Crippen LogP contribution in [0.15, 0.2) is 223 Å². The first-order valence-electron chi connectivity index (χ1n) is 37.6. The first-order chi connectivity index (χ1) is 51.1. The molecule has 108 heavy (non-hydrogen) atoms. The van der Waals surface area contributed by atoms with E-state index in [2.05, 4.69) is 291 Å².